The molecule has 0 fully saturated rings. The van der Waals surface area contributed by atoms with Crippen molar-refractivity contribution >= 4 is 5.71 Å². The largest absolute Gasteiger partial charge is 0.493 e. The standard InChI is InChI=1S/C25H29F3N2O4/c1-32-20-11-8-16(12-21(20)33-2)22-23(29-30-24(22)25(26,27)28)18-10-9-17(13-19(18)31)34-14-15-6-4-3-5-7-15/h3-6,8-13,15,18-23,29,31H,7,14H2,1-2H3. The van der Waals surface area contributed by atoms with E-state index in [2.05, 4.69) is 22.7 Å². The van der Waals surface area contributed by atoms with E-state index in [1.165, 1.54) is 14.2 Å². The van der Waals surface area contributed by atoms with Gasteiger partial charge in [0, 0.05) is 26.1 Å². The number of nitrogens with zero attached hydrogens (tertiary/aromatic N) is 1. The Bertz CT molecular complexity index is 964. The minimum absolute atomic E-state index is 0.243. The van der Waals surface area contributed by atoms with E-state index in [0.717, 1.165) is 6.42 Å². The SMILES string of the molecule is COC1C=CC(C2C(C(F)(F)F)=NNC2C2C=CC(OCC3C=CC=CC3)=CC2O)=CC1OC. The molecule has 0 aromatic rings. The van der Waals surface area contributed by atoms with Crippen molar-refractivity contribution in [3.8, 4) is 0 Å². The minimum Gasteiger partial charge on any atom is -0.493 e. The summed E-state index contributed by atoms with van der Waals surface area (Å²) in [6, 6.07) is -0.806. The molecule has 0 spiro atoms. The summed E-state index contributed by atoms with van der Waals surface area (Å²) in [7, 11) is 2.99. The van der Waals surface area contributed by atoms with E-state index in [0.29, 0.717) is 17.9 Å². The zero-order valence-electron chi connectivity index (χ0n) is 19.0. The summed E-state index contributed by atoms with van der Waals surface area (Å²) in [6.45, 7) is 0.455. The lowest BCUT2D eigenvalue weighted by atomic mass is 9.76. The van der Waals surface area contributed by atoms with Crippen LogP contribution in [0.3, 0.4) is 0 Å². The minimum atomic E-state index is -4.63. The van der Waals surface area contributed by atoms with Crippen molar-refractivity contribution in [2.45, 2.75) is 37.0 Å². The number of alkyl halides is 3. The van der Waals surface area contributed by atoms with Crippen LogP contribution >= 0.6 is 0 Å². The molecule has 0 bridgehead atoms. The van der Waals surface area contributed by atoms with Crippen LogP contribution in [0.25, 0.3) is 0 Å². The summed E-state index contributed by atoms with van der Waals surface area (Å²) < 4.78 is 58.2. The fraction of sp³-hybridized carbons (Fsp3) is 0.480. The summed E-state index contributed by atoms with van der Waals surface area (Å²) in [5, 5.41) is 14.5. The highest BCUT2D eigenvalue weighted by molar-refractivity contribution is 5.96. The Morgan fingerprint density at radius 3 is 2.50 bits per heavy atom. The first kappa shape index (κ1) is 24.5. The van der Waals surface area contributed by atoms with Crippen LogP contribution in [-0.2, 0) is 14.2 Å². The van der Waals surface area contributed by atoms with Crippen molar-refractivity contribution in [2.75, 3.05) is 20.8 Å². The fourth-order valence-corrected chi connectivity index (χ4v) is 4.69. The van der Waals surface area contributed by atoms with Crippen LogP contribution in [0.1, 0.15) is 6.42 Å². The molecular weight excluding hydrogens is 449 g/mol. The average molecular weight is 479 g/mol. The number of allylic oxidation sites excluding steroid dienone is 5. The molecule has 0 radical (unpaired) electrons. The number of hydrogen-bond acceptors (Lipinski definition) is 6. The molecule has 0 saturated heterocycles. The van der Waals surface area contributed by atoms with Crippen molar-refractivity contribution in [3.05, 3.63) is 72.1 Å². The van der Waals surface area contributed by atoms with Gasteiger partial charge in [0.2, 0.25) is 0 Å². The molecule has 4 aliphatic rings. The average Bonchev–Trinajstić information content (AvgIpc) is 3.28. The summed E-state index contributed by atoms with van der Waals surface area (Å²) >= 11 is 0. The van der Waals surface area contributed by atoms with Crippen LogP contribution in [0.2, 0.25) is 0 Å². The van der Waals surface area contributed by atoms with Gasteiger partial charge in [-0.3, -0.25) is 0 Å². The molecule has 0 aromatic carbocycles. The molecule has 4 rings (SSSR count). The second kappa shape index (κ2) is 10.3. The molecule has 0 aromatic heterocycles. The van der Waals surface area contributed by atoms with E-state index in [-0.39, 0.29) is 5.92 Å². The van der Waals surface area contributed by atoms with E-state index >= 15 is 0 Å². The molecule has 1 aliphatic heterocycles. The van der Waals surface area contributed by atoms with Crippen LogP contribution in [0, 0.1) is 17.8 Å². The fourth-order valence-electron chi connectivity index (χ4n) is 4.69. The van der Waals surface area contributed by atoms with E-state index in [1.54, 1.807) is 36.5 Å². The van der Waals surface area contributed by atoms with Crippen molar-refractivity contribution in [1.82, 2.24) is 5.43 Å². The Labute approximate surface area is 196 Å². The van der Waals surface area contributed by atoms with Crippen LogP contribution in [-0.4, -0.2) is 62.2 Å². The molecule has 7 unspecified atom stereocenters. The molecule has 6 nitrogen and oxygen atoms in total. The first-order valence-corrected chi connectivity index (χ1v) is 11.2. The molecular formula is C25H29F3N2O4. The van der Waals surface area contributed by atoms with Gasteiger partial charge in [-0.1, -0.05) is 42.5 Å². The van der Waals surface area contributed by atoms with Crippen LogP contribution < -0.4 is 5.43 Å². The van der Waals surface area contributed by atoms with Gasteiger partial charge in [0.05, 0.1) is 24.7 Å². The van der Waals surface area contributed by atoms with Gasteiger partial charge in [-0.2, -0.15) is 18.3 Å². The van der Waals surface area contributed by atoms with Gasteiger partial charge >= 0.3 is 6.18 Å². The predicted octanol–water partition coefficient (Wildman–Crippen LogP) is 3.60. The maximum absolute atomic E-state index is 13.9. The Kier molecular flexibility index (Phi) is 7.45. The molecule has 9 heteroatoms. The number of aliphatic hydroxyl groups excluding tert-OH is 1. The van der Waals surface area contributed by atoms with Crippen LogP contribution in [0.15, 0.2) is 77.2 Å². The second-order valence-corrected chi connectivity index (χ2v) is 8.67. The van der Waals surface area contributed by atoms with Gasteiger partial charge in [-0.05, 0) is 30.2 Å². The Hall–Kier alpha value is -2.62. The van der Waals surface area contributed by atoms with E-state index in [4.69, 9.17) is 14.2 Å². The highest BCUT2D eigenvalue weighted by Gasteiger charge is 2.51. The van der Waals surface area contributed by atoms with Gasteiger partial charge in [0.25, 0.3) is 0 Å². The van der Waals surface area contributed by atoms with E-state index in [1.807, 2.05) is 12.2 Å². The summed E-state index contributed by atoms with van der Waals surface area (Å²) in [5.74, 6) is -1.02. The maximum atomic E-state index is 13.9. The molecule has 3 aliphatic carbocycles. The van der Waals surface area contributed by atoms with Crippen molar-refractivity contribution < 1.29 is 32.5 Å². The molecule has 0 saturated carbocycles. The highest BCUT2D eigenvalue weighted by atomic mass is 19.4. The van der Waals surface area contributed by atoms with Crippen molar-refractivity contribution in [1.29, 1.82) is 0 Å². The number of methoxy groups -OCH3 is 2. The Morgan fingerprint density at radius 1 is 1.06 bits per heavy atom. The zero-order valence-corrected chi connectivity index (χ0v) is 19.0. The molecule has 0 amide bonds. The lowest BCUT2D eigenvalue weighted by molar-refractivity contribution is -0.0620. The van der Waals surface area contributed by atoms with Gasteiger partial charge in [0.15, 0.2) is 5.71 Å². The highest BCUT2D eigenvalue weighted by Crippen LogP contribution is 2.39. The summed E-state index contributed by atoms with van der Waals surface area (Å²) in [4.78, 5) is 0. The monoisotopic (exact) mass is 478 g/mol. The van der Waals surface area contributed by atoms with Crippen LogP contribution in [0.5, 0.6) is 0 Å². The van der Waals surface area contributed by atoms with E-state index in [9.17, 15) is 18.3 Å². The second-order valence-electron chi connectivity index (χ2n) is 8.67. The normalized spacial score (nSPS) is 35.0. The van der Waals surface area contributed by atoms with Gasteiger partial charge in [0.1, 0.15) is 18.0 Å². The maximum Gasteiger partial charge on any atom is 0.431 e. The lowest BCUT2D eigenvalue weighted by Gasteiger charge is -2.34. The quantitative estimate of drug-likeness (QED) is 0.585. The predicted molar refractivity (Wildman–Crippen MR) is 122 cm³/mol. The topological polar surface area (TPSA) is 72.3 Å². The van der Waals surface area contributed by atoms with E-state index < -0.39 is 48.1 Å². The Balaban J connectivity index is 1.51. The van der Waals surface area contributed by atoms with Crippen LogP contribution in [0.4, 0.5) is 13.2 Å². The third-order valence-electron chi connectivity index (χ3n) is 6.50. The van der Waals surface area contributed by atoms with Gasteiger partial charge in [-0.15, -0.1) is 0 Å². The number of hydrazone groups is 1. The first-order chi connectivity index (χ1) is 16.3. The number of halogens is 3. The number of nitrogens with one attached hydrogen (secondary N) is 1. The van der Waals surface area contributed by atoms with Gasteiger partial charge in [-0.25, -0.2) is 0 Å². The summed E-state index contributed by atoms with van der Waals surface area (Å²) in [5.41, 5.74) is 2.12. The van der Waals surface area contributed by atoms with Gasteiger partial charge < -0.3 is 24.7 Å². The third-order valence-corrected chi connectivity index (χ3v) is 6.50. The van der Waals surface area contributed by atoms with Crippen molar-refractivity contribution in [3.63, 3.8) is 0 Å². The molecule has 2 N–H and O–H groups in total. The smallest absolute Gasteiger partial charge is 0.431 e. The van der Waals surface area contributed by atoms with Crippen molar-refractivity contribution in [2.24, 2.45) is 22.9 Å². The zero-order chi connectivity index (χ0) is 24.3. The number of rotatable bonds is 7. The molecule has 184 valence electrons. The number of ether oxygens (including phenoxy) is 3. The molecule has 1 heterocycles. The summed E-state index contributed by atoms with van der Waals surface area (Å²) in [6.07, 6.45) is 12.2. The Morgan fingerprint density at radius 2 is 1.85 bits per heavy atom. The first-order valence-electron chi connectivity index (χ1n) is 11.2. The number of hydrogen-bond donors (Lipinski definition) is 2. The molecule has 34 heavy (non-hydrogen) atoms. The number of aliphatic hydroxyl groups is 1. The third kappa shape index (κ3) is 5.21. The lowest BCUT2D eigenvalue weighted by Crippen LogP contribution is -2.45. The molecule has 7 atom stereocenters.